The van der Waals surface area contributed by atoms with Crippen LogP contribution in [0.4, 0.5) is 5.69 Å². The van der Waals surface area contributed by atoms with Gasteiger partial charge < -0.3 is 5.32 Å². The molecule has 0 saturated carbocycles. The van der Waals surface area contributed by atoms with E-state index in [1.807, 2.05) is 0 Å². The number of nitrogens with one attached hydrogen (secondary N) is 1. The Balaban J connectivity index is 2.02. The van der Waals surface area contributed by atoms with E-state index in [0.29, 0.717) is 24.1 Å². The van der Waals surface area contributed by atoms with Gasteiger partial charge in [-0.25, -0.2) is 8.42 Å². The van der Waals surface area contributed by atoms with E-state index < -0.39 is 9.84 Å². The van der Waals surface area contributed by atoms with Crippen LogP contribution in [0.5, 0.6) is 0 Å². The van der Waals surface area contributed by atoms with Crippen LogP contribution in [0.25, 0.3) is 0 Å². The van der Waals surface area contributed by atoms with Crippen molar-refractivity contribution >= 4 is 27.2 Å². The average molecular weight is 295 g/mol. The van der Waals surface area contributed by atoms with E-state index >= 15 is 0 Å². The van der Waals surface area contributed by atoms with Gasteiger partial charge in [-0.3, -0.25) is 9.59 Å². The fourth-order valence-electron chi connectivity index (χ4n) is 2.21. The molecule has 5 nitrogen and oxygen atoms in total. The van der Waals surface area contributed by atoms with Crippen LogP contribution in [0.2, 0.25) is 0 Å². The van der Waals surface area contributed by atoms with Crippen molar-refractivity contribution in [3.05, 3.63) is 29.8 Å². The van der Waals surface area contributed by atoms with E-state index in [2.05, 4.69) is 5.32 Å². The minimum Gasteiger partial charge on any atom is -0.326 e. The zero-order valence-electron chi connectivity index (χ0n) is 11.3. The van der Waals surface area contributed by atoms with Crippen LogP contribution in [-0.2, 0) is 14.6 Å². The first-order valence-corrected chi connectivity index (χ1v) is 8.32. The molecule has 2 rings (SSSR count). The summed E-state index contributed by atoms with van der Waals surface area (Å²) in [5, 5.41) is 2.75. The highest BCUT2D eigenvalue weighted by Gasteiger charge is 2.28. The Morgan fingerprint density at radius 1 is 1.20 bits per heavy atom. The van der Waals surface area contributed by atoms with E-state index in [1.165, 1.54) is 6.92 Å². The molecule has 0 aromatic heterocycles. The lowest BCUT2D eigenvalue weighted by Gasteiger charge is -2.21. The number of Topliss-reactive ketones (excluding diaryl/α,β-unsaturated/α-hetero) is 1. The first-order chi connectivity index (χ1) is 9.37. The van der Waals surface area contributed by atoms with Crippen molar-refractivity contribution in [1.82, 2.24) is 0 Å². The number of hydrogen-bond acceptors (Lipinski definition) is 4. The van der Waals surface area contributed by atoms with Gasteiger partial charge in [0.15, 0.2) is 5.78 Å². The molecule has 20 heavy (non-hydrogen) atoms. The van der Waals surface area contributed by atoms with Crippen molar-refractivity contribution < 1.29 is 18.0 Å². The van der Waals surface area contributed by atoms with Gasteiger partial charge in [0.1, 0.15) is 9.84 Å². The number of carbonyl (C=O) groups excluding carboxylic acids is 2. The summed E-state index contributed by atoms with van der Waals surface area (Å²) in [6.45, 7) is 1.47. The highest BCUT2D eigenvalue weighted by molar-refractivity contribution is 7.91. The van der Waals surface area contributed by atoms with Crippen molar-refractivity contribution in [2.24, 2.45) is 5.92 Å². The molecule has 6 heteroatoms. The summed E-state index contributed by atoms with van der Waals surface area (Å²) in [4.78, 5) is 23.3. The van der Waals surface area contributed by atoms with Gasteiger partial charge in [-0.15, -0.1) is 0 Å². The van der Waals surface area contributed by atoms with Gasteiger partial charge in [0.2, 0.25) is 5.91 Å². The fourth-order valence-corrected chi connectivity index (χ4v) is 3.70. The van der Waals surface area contributed by atoms with E-state index in [1.54, 1.807) is 24.3 Å². The van der Waals surface area contributed by atoms with Crippen molar-refractivity contribution in [2.75, 3.05) is 16.8 Å². The van der Waals surface area contributed by atoms with E-state index in [0.717, 1.165) is 0 Å². The molecular weight excluding hydrogens is 278 g/mol. The van der Waals surface area contributed by atoms with Crippen molar-refractivity contribution in [1.29, 1.82) is 0 Å². The second-order valence-electron chi connectivity index (χ2n) is 5.05. The van der Waals surface area contributed by atoms with E-state index in [-0.39, 0.29) is 29.1 Å². The third-order valence-electron chi connectivity index (χ3n) is 3.46. The zero-order valence-corrected chi connectivity index (χ0v) is 12.1. The Hall–Kier alpha value is -1.69. The second-order valence-corrected chi connectivity index (χ2v) is 7.36. The molecule has 0 atom stereocenters. The fraction of sp³-hybridized carbons (Fsp3) is 0.429. The first kappa shape index (κ1) is 14.7. The molecule has 0 bridgehead atoms. The molecule has 0 spiro atoms. The lowest BCUT2D eigenvalue weighted by molar-refractivity contribution is -0.120. The quantitative estimate of drug-likeness (QED) is 0.860. The number of benzene rings is 1. The molecule has 1 amide bonds. The van der Waals surface area contributed by atoms with Gasteiger partial charge in [0.05, 0.1) is 11.5 Å². The molecule has 1 fully saturated rings. The molecule has 1 saturated heterocycles. The minimum atomic E-state index is -2.96. The monoisotopic (exact) mass is 295 g/mol. The highest BCUT2D eigenvalue weighted by Crippen LogP contribution is 2.21. The Morgan fingerprint density at radius 2 is 1.85 bits per heavy atom. The normalized spacial score (nSPS) is 18.4. The van der Waals surface area contributed by atoms with Crippen LogP contribution in [0, 0.1) is 5.92 Å². The third kappa shape index (κ3) is 3.66. The van der Waals surface area contributed by atoms with Crippen LogP contribution >= 0.6 is 0 Å². The largest absolute Gasteiger partial charge is 0.326 e. The summed E-state index contributed by atoms with van der Waals surface area (Å²) in [6, 6.07) is 6.73. The maximum Gasteiger partial charge on any atom is 0.227 e. The average Bonchev–Trinajstić information content (AvgIpc) is 2.38. The summed E-state index contributed by atoms with van der Waals surface area (Å²) in [6.07, 6.45) is 0.723. The standard InChI is InChI=1S/C14H17NO4S/c1-10(16)12-3-2-4-13(9-12)15-14(17)11-5-7-20(18,19)8-6-11/h2-4,9,11H,5-8H2,1H3,(H,15,17). The summed E-state index contributed by atoms with van der Waals surface area (Å²) in [5.41, 5.74) is 1.10. The van der Waals surface area contributed by atoms with Crippen molar-refractivity contribution in [3.8, 4) is 0 Å². The summed E-state index contributed by atoms with van der Waals surface area (Å²) < 4.78 is 22.7. The summed E-state index contributed by atoms with van der Waals surface area (Å²) >= 11 is 0. The Kier molecular flexibility index (Phi) is 4.23. The number of rotatable bonds is 3. The molecule has 1 N–H and O–H groups in total. The molecule has 1 aliphatic heterocycles. The Labute approximate surface area is 118 Å². The predicted octanol–water partition coefficient (Wildman–Crippen LogP) is 1.65. The van der Waals surface area contributed by atoms with Crippen molar-refractivity contribution in [2.45, 2.75) is 19.8 Å². The second kappa shape index (κ2) is 5.75. The van der Waals surface area contributed by atoms with E-state index in [9.17, 15) is 18.0 Å². The maximum atomic E-state index is 12.1. The maximum absolute atomic E-state index is 12.1. The molecular formula is C14H17NO4S. The third-order valence-corrected chi connectivity index (χ3v) is 5.18. The number of carbonyl (C=O) groups is 2. The Morgan fingerprint density at radius 3 is 2.45 bits per heavy atom. The molecule has 1 heterocycles. The molecule has 108 valence electrons. The van der Waals surface area contributed by atoms with Crippen LogP contribution in [0.1, 0.15) is 30.1 Å². The molecule has 0 unspecified atom stereocenters. The van der Waals surface area contributed by atoms with Gasteiger partial charge in [0.25, 0.3) is 0 Å². The molecule has 1 aromatic rings. The minimum absolute atomic E-state index is 0.0649. The van der Waals surface area contributed by atoms with Crippen molar-refractivity contribution in [3.63, 3.8) is 0 Å². The van der Waals surface area contributed by atoms with E-state index in [4.69, 9.17) is 0 Å². The van der Waals surface area contributed by atoms with Gasteiger partial charge in [0, 0.05) is 17.2 Å². The highest BCUT2D eigenvalue weighted by atomic mass is 32.2. The number of hydrogen-bond donors (Lipinski definition) is 1. The molecule has 0 radical (unpaired) electrons. The van der Waals surface area contributed by atoms with Crippen LogP contribution < -0.4 is 5.32 Å². The SMILES string of the molecule is CC(=O)c1cccc(NC(=O)C2CCS(=O)(=O)CC2)c1. The van der Waals surface area contributed by atoms with Gasteiger partial charge in [-0.1, -0.05) is 12.1 Å². The smallest absolute Gasteiger partial charge is 0.227 e. The number of sulfone groups is 1. The first-order valence-electron chi connectivity index (χ1n) is 6.50. The topological polar surface area (TPSA) is 80.3 Å². The van der Waals surface area contributed by atoms with Gasteiger partial charge in [-0.05, 0) is 31.9 Å². The van der Waals surface area contributed by atoms with Gasteiger partial charge >= 0.3 is 0 Å². The molecule has 1 aromatic carbocycles. The predicted molar refractivity (Wildman–Crippen MR) is 76.5 cm³/mol. The number of anilines is 1. The number of ketones is 1. The summed E-state index contributed by atoms with van der Waals surface area (Å²) in [5.74, 6) is -0.387. The van der Waals surface area contributed by atoms with Crippen LogP contribution in [0.15, 0.2) is 24.3 Å². The zero-order chi connectivity index (χ0) is 14.8. The lowest BCUT2D eigenvalue weighted by Crippen LogP contribution is -2.31. The van der Waals surface area contributed by atoms with Gasteiger partial charge in [-0.2, -0.15) is 0 Å². The van der Waals surface area contributed by atoms with Crippen LogP contribution in [-0.4, -0.2) is 31.6 Å². The van der Waals surface area contributed by atoms with Crippen LogP contribution in [0.3, 0.4) is 0 Å². The molecule has 1 aliphatic rings. The lowest BCUT2D eigenvalue weighted by atomic mass is 10.0. The summed E-state index contributed by atoms with van der Waals surface area (Å²) in [7, 11) is -2.96. The number of amides is 1. The Bertz CT molecular complexity index is 622. The molecule has 0 aliphatic carbocycles.